The lowest BCUT2D eigenvalue weighted by atomic mass is 10.0. The van der Waals surface area contributed by atoms with Crippen LogP contribution in [0.15, 0.2) is 24.3 Å². The Morgan fingerprint density at radius 1 is 1.26 bits per heavy atom. The van der Waals surface area contributed by atoms with Gasteiger partial charge in [-0.05, 0) is 24.5 Å². The number of hydrogen-bond acceptors (Lipinski definition) is 5. The lowest BCUT2D eigenvalue weighted by Crippen LogP contribution is -2.44. The number of rotatable bonds is 9. The number of non-ortho nitro benzene ring substituents is 1. The second-order valence-corrected chi connectivity index (χ2v) is 5.46. The molecule has 126 valence electrons. The van der Waals surface area contributed by atoms with Crippen LogP contribution in [0.3, 0.4) is 0 Å². The third kappa shape index (κ3) is 6.33. The Hall–Kier alpha value is -2.64. The summed E-state index contributed by atoms with van der Waals surface area (Å²) in [5.41, 5.74) is 0.741. The van der Waals surface area contributed by atoms with Gasteiger partial charge in [-0.3, -0.25) is 14.9 Å². The number of nitro groups is 1. The van der Waals surface area contributed by atoms with Crippen LogP contribution in [0.2, 0.25) is 0 Å². The Bertz CT molecular complexity index is 557. The fraction of sp³-hybridized carbons (Fsp3) is 0.467. The Morgan fingerprint density at radius 2 is 1.87 bits per heavy atom. The van der Waals surface area contributed by atoms with E-state index in [1.165, 1.54) is 12.1 Å². The van der Waals surface area contributed by atoms with E-state index >= 15 is 0 Å². The summed E-state index contributed by atoms with van der Waals surface area (Å²) in [4.78, 5) is 32.8. The first-order valence-corrected chi connectivity index (χ1v) is 7.31. The number of carboxylic acid groups (broad SMARTS) is 1. The Labute approximate surface area is 134 Å². The molecule has 0 radical (unpaired) electrons. The van der Waals surface area contributed by atoms with E-state index in [2.05, 4.69) is 10.6 Å². The summed E-state index contributed by atoms with van der Waals surface area (Å²) in [6.45, 7) is 3.97. The number of carbonyl (C=O) groups is 2. The minimum atomic E-state index is -1.04. The van der Waals surface area contributed by atoms with Gasteiger partial charge in [-0.25, -0.2) is 4.79 Å². The highest BCUT2D eigenvalue weighted by Crippen LogP contribution is 2.15. The molecule has 0 saturated carbocycles. The summed E-state index contributed by atoms with van der Waals surface area (Å²) in [5, 5.41) is 25.1. The monoisotopic (exact) mass is 323 g/mol. The summed E-state index contributed by atoms with van der Waals surface area (Å²) in [6, 6.07) is 5.10. The largest absolute Gasteiger partial charge is 0.480 e. The van der Waals surface area contributed by atoms with E-state index in [-0.39, 0.29) is 23.9 Å². The minimum Gasteiger partial charge on any atom is -0.480 e. The first kappa shape index (κ1) is 18.4. The van der Waals surface area contributed by atoms with Crippen molar-refractivity contribution < 1.29 is 19.6 Å². The van der Waals surface area contributed by atoms with Gasteiger partial charge in [-0.1, -0.05) is 13.8 Å². The summed E-state index contributed by atoms with van der Waals surface area (Å²) < 4.78 is 0. The molecule has 0 unspecified atom stereocenters. The van der Waals surface area contributed by atoms with Crippen molar-refractivity contribution in [3.8, 4) is 0 Å². The van der Waals surface area contributed by atoms with Crippen LogP contribution in [0.4, 0.5) is 11.4 Å². The van der Waals surface area contributed by atoms with Crippen molar-refractivity contribution in [1.29, 1.82) is 0 Å². The minimum absolute atomic E-state index is 0.0170. The van der Waals surface area contributed by atoms with E-state index in [0.717, 1.165) is 5.69 Å². The number of hydrogen-bond donors (Lipinski definition) is 3. The molecule has 1 aromatic carbocycles. The molecule has 0 spiro atoms. The topological polar surface area (TPSA) is 122 Å². The Balaban J connectivity index is 2.32. The summed E-state index contributed by atoms with van der Waals surface area (Å²) in [5.74, 6) is -1.54. The first-order chi connectivity index (χ1) is 10.8. The maximum atomic E-state index is 11.7. The second-order valence-electron chi connectivity index (χ2n) is 5.46. The van der Waals surface area contributed by atoms with Gasteiger partial charge in [0.05, 0.1) is 4.92 Å². The van der Waals surface area contributed by atoms with E-state index in [1.54, 1.807) is 26.0 Å². The van der Waals surface area contributed by atoms with Crippen molar-refractivity contribution in [3.05, 3.63) is 34.4 Å². The van der Waals surface area contributed by atoms with Gasteiger partial charge in [0.2, 0.25) is 5.91 Å². The van der Waals surface area contributed by atoms with Crippen LogP contribution >= 0.6 is 0 Å². The van der Waals surface area contributed by atoms with Crippen LogP contribution in [0.5, 0.6) is 0 Å². The zero-order valence-electron chi connectivity index (χ0n) is 13.1. The number of nitrogens with one attached hydrogen (secondary N) is 2. The molecule has 0 aliphatic rings. The van der Waals surface area contributed by atoms with Crippen molar-refractivity contribution in [3.63, 3.8) is 0 Å². The van der Waals surface area contributed by atoms with E-state index < -0.39 is 16.9 Å². The number of carbonyl (C=O) groups excluding carboxylic acids is 1. The zero-order valence-corrected chi connectivity index (χ0v) is 13.1. The summed E-state index contributed by atoms with van der Waals surface area (Å²) in [6.07, 6.45) is 0.726. The molecule has 0 heterocycles. The molecule has 1 amide bonds. The number of anilines is 1. The summed E-state index contributed by atoms with van der Waals surface area (Å²) >= 11 is 0. The number of amides is 1. The van der Waals surface area contributed by atoms with Crippen molar-refractivity contribution in [1.82, 2.24) is 5.32 Å². The molecule has 8 heteroatoms. The lowest BCUT2D eigenvalue weighted by Gasteiger charge is -2.17. The van der Waals surface area contributed by atoms with E-state index in [9.17, 15) is 19.7 Å². The number of carboxylic acids is 1. The molecule has 0 bridgehead atoms. The van der Waals surface area contributed by atoms with Crippen LogP contribution in [-0.2, 0) is 9.59 Å². The number of nitrogens with zero attached hydrogens (tertiary/aromatic N) is 1. The second kappa shape index (κ2) is 8.72. The fourth-order valence-electron chi connectivity index (χ4n) is 1.94. The van der Waals surface area contributed by atoms with Crippen LogP contribution in [-0.4, -0.2) is 34.5 Å². The van der Waals surface area contributed by atoms with Gasteiger partial charge in [-0.2, -0.15) is 0 Å². The van der Waals surface area contributed by atoms with E-state index in [4.69, 9.17) is 5.11 Å². The molecule has 1 aromatic rings. The van der Waals surface area contributed by atoms with Gasteiger partial charge in [0.25, 0.3) is 5.69 Å². The number of aliphatic carboxylic acids is 1. The van der Waals surface area contributed by atoms with E-state index in [1.807, 2.05) is 0 Å². The van der Waals surface area contributed by atoms with Gasteiger partial charge < -0.3 is 15.7 Å². The van der Waals surface area contributed by atoms with Crippen LogP contribution in [0.25, 0.3) is 0 Å². The standard InChI is InChI=1S/C15H21N3O5/c1-10(2)14(15(20)21)17-13(19)4-3-9-16-11-5-7-12(8-6-11)18(22)23/h5-8,10,14,16H,3-4,9H2,1-2H3,(H,17,19)(H,20,21)/t14-/m0/s1. The normalized spacial score (nSPS) is 11.8. The SMILES string of the molecule is CC(C)[C@H](NC(=O)CCCNc1ccc([N+](=O)[O-])cc1)C(=O)O. The molecule has 0 saturated heterocycles. The molecule has 0 fully saturated rings. The summed E-state index contributed by atoms with van der Waals surface area (Å²) in [7, 11) is 0. The van der Waals surface area contributed by atoms with Gasteiger partial charge in [-0.15, -0.1) is 0 Å². The zero-order chi connectivity index (χ0) is 17.4. The molecular weight excluding hydrogens is 302 g/mol. The molecular formula is C15H21N3O5. The molecule has 8 nitrogen and oxygen atoms in total. The fourth-order valence-corrected chi connectivity index (χ4v) is 1.94. The van der Waals surface area contributed by atoms with Gasteiger partial charge in [0.1, 0.15) is 6.04 Å². The van der Waals surface area contributed by atoms with Crippen molar-refractivity contribution in [2.24, 2.45) is 5.92 Å². The number of benzene rings is 1. The predicted molar refractivity (Wildman–Crippen MR) is 85.2 cm³/mol. The van der Waals surface area contributed by atoms with E-state index in [0.29, 0.717) is 13.0 Å². The molecule has 0 aromatic heterocycles. The first-order valence-electron chi connectivity index (χ1n) is 7.31. The maximum Gasteiger partial charge on any atom is 0.326 e. The third-order valence-electron chi connectivity index (χ3n) is 3.24. The lowest BCUT2D eigenvalue weighted by molar-refractivity contribution is -0.384. The van der Waals surface area contributed by atoms with Crippen molar-refractivity contribution in [2.45, 2.75) is 32.7 Å². The van der Waals surface area contributed by atoms with Crippen molar-refractivity contribution >= 4 is 23.3 Å². The molecule has 0 aliphatic carbocycles. The number of nitro benzene ring substituents is 1. The molecule has 0 aliphatic heterocycles. The highest BCUT2D eigenvalue weighted by molar-refractivity contribution is 5.83. The smallest absolute Gasteiger partial charge is 0.326 e. The van der Waals surface area contributed by atoms with Crippen LogP contribution in [0, 0.1) is 16.0 Å². The highest BCUT2D eigenvalue weighted by Gasteiger charge is 2.22. The predicted octanol–water partition coefficient (Wildman–Crippen LogP) is 2.01. The third-order valence-corrected chi connectivity index (χ3v) is 3.24. The average Bonchev–Trinajstić information content (AvgIpc) is 2.49. The Kier molecular flexibility index (Phi) is 6.98. The van der Waals surface area contributed by atoms with Gasteiger partial charge in [0.15, 0.2) is 0 Å². The molecule has 3 N–H and O–H groups in total. The van der Waals surface area contributed by atoms with Gasteiger partial charge in [0, 0.05) is 30.8 Å². The maximum absolute atomic E-state index is 11.7. The van der Waals surface area contributed by atoms with Gasteiger partial charge >= 0.3 is 5.97 Å². The van der Waals surface area contributed by atoms with Crippen LogP contribution in [0.1, 0.15) is 26.7 Å². The average molecular weight is 323 g/mol. The Morgan fingerprint density at radius 3 is 2.35 bits per heavy atom. The quantitative estimate of drug-likeness (QED) is 0.363. The molecule has 1 rings (SSSR count). The molecule has 23 heavy (non-hydrogen) atoms. The highest BCUT2D eigenvalue weighted by atomic mass is 16.6. The molecule has 1 atom stereocenters. The van der Waals surface area contributed by atoms with Crippen LogP contribution < -0.4 is 10.6 Å². The van der Waals surface area contributed by atoms with Crippen molar-refractivity contribution in [2.75, 3.05) is 11.9 Å².